The Hall–Kier alpha value is -0.170. The lowest BCUT2D eigenvalue weighted by Crippen LogP contribution is -2.40. The Kier molecular flexibility index (Phi) is 7.14. The number of rotatable bonds is 9. The van der Waals surface area contributed by atoms with Gasteiger partial charge in [-0.1, -0.05) is 13.8 Å². The molecule has 0 spiro atoms. The van der Waals surface area contributed by atoms with Crippen LogP contribution in [-0.4, -0.2) is 57.8 Å². The lowest BCUT2D eigenvalue weighted by molar-refractivity contribution is 0.268. The SMILES string of the molecule is CCNCCCS(=O)(=O)NCC1CCCN1CC. The summed E-state index contributed by atoms with van der Waals surface area (Å²) in [6.45, 7) is 8.48. The van der Waals surface area contributed by atoms with Crippen molar-refractivity contribution < 1.29 is 8.42 Å². The van der Waals surface area contributed by atoms with Crippen LogP contribution >= 0.6 is 0 Å². The largest absolute Gasteiger partial charge is 0.317 e. The van der Waals surface area contributed by atoms with Crippen molar-refractivity contribution in [3.05, 3.63) is 0 Å². The van der Waals surface area contributed by atoms with Gasteiger partial charge in [0.2, 0.25) is 10.0 Å². The number of likely N-dealkylation sites (tertiary alicyclic amines) is 1. The molecule has 1 heterocycles. The van der Waals surface area contributed by atoms with E-state index in [1.165, 1.54) is 6.42 Å². The van der Waals surface area contributed by atoms with Crippen LogP contribution in [0, 0.1) is 0 Å². The van der Waals surface area contributed by atoms with Gasteiger partial charge in [-0.25, -0.2) is 13.1 Å². The molecule has 1 rings (SSSR count). The molecule has 1 unspecified atom stereocenters. The van der Waals surface area contributed by atoms with Gasteiger partial charge in [0.05, 0.1) is 5.75 Å². The van der Waals surface area contributed by atoms with Crippen LogP contribution in [0.5, 0.6) is 0 Å². The summed E-state index contributed by atoms with van der Waals surface area (Å²) in [4.78, 5) is 2.35. The summed E-state index contributed by atoms with van der Waals surface area (Å²) in [6, 6.07) is 0.388. The van der Waals surface area contributed by atoms with Crippen molar-refractivity contribution in [1.29, 1.82) is 0 Å². The average Bonchev–Trinajstić information content (AvgIpc) is 2.80. The van der Waals surface area contributed by atoms with Gasteiger partial charge < -0.3 is 5.32 Å². The smallest absolute Gasteiger partial charge is 0.211 e. The van der Waals surface area contributed by atoms with Gasteiger partial charge in [-0.15, -0.1) is 0 Å². The van der Waals surface area contributed by atoms with Crippen LogP contribution in [0.3, 0.4) is 0 Å². The lowest BCUT2D eigenvalue weighted by atomic mass is 10.2. The third-order valence-corrected chi connectivity index (χ3v) is 4.89. The topological polar surface area (TPSA) is 61.4 Å². The Bertz CT molecular complexity index is 319. The van der Waals surface area contributed by atoms with Crippen LogP contribution in [0.1, 0.15) is 33.1 Å². The molecular weight excluding hydrogens is 250 g/mol. The van der Waals surface area contributed by atoms with Crippen LogP contribution in [0.4, 0.5) is 0 Å². The van der Waals surface area contributed by atoms with E-state index >= 15 is 0 Å². The lowest BCUT2D eigenvalue weighted by Gasteiger charge is -2.22. The molecule has 0 radical (unpaired) electrons. The summed E-state index contributed by atoms with van der Waals surface area (Å²) < 4.78 is 26.3. The second-order valence-corrected chi connectivity index (χ2v) is 6.73. The van der Waals surface area contributed by atoms with Crippen LogP contribution in [0.25, 0.3) is 0 Å². The molecule has 0 aromatic carbocycles. The standard InChI is InChI=1S/C12H27N3O2S/c1-3-13-8-6-10-18(16,17)14-11-12-7-5-9-15(12)4-2/h12-14H,3-11H2,1-2H3. The molecule has 0 bridgehead atoms. The number of hydrogen-bond donors (Lipinski definition) is 2. The second-order valence-electron chi connectivity index (χ2n) is 4.80. The summed E-state index contributed by atoms with van der Waals surface area (Å²) >= 11 is 0. The normalized spacial score (nSPS) is 21.6. The summed E-state index contributed by atoms with van der Waals surface area (Å²) in [5.74, 6) is 0.221. The molecule has 5 nitrogen and oxygen atoms in total. The average molecular weight is 277 g/mol. The molecule has 18 heavy (non-hydrogen) atoms. The molecule has 6 heteroatoms. The minimum atomic E-state index is -3.10. The van der Waals surface area contributed by atoms with Crippen molar-refractivity contribution in [3.8, 4) is 0 Å². The van der Waals surface area contributed by atoms with E-state index in [-0.39, 0.29) is 5.75 Å². The van der Waals surface area contributed by atoms with Crippen LogP contribution in [-0.2, 0) is 10.0 Å². The molecule has 1 aliphatic heterocycles. The fraction of sp³-hybridized carbons (Fsp3) is 1.00. The van der Waals surface area contributed by atoms with Crippen molar-refractivity contribution in [2.24, 2.45) is 0 Å². The molecule has 0 amide bonds. The monoisotopic (exact) mass is 277 g/mol. The maximum absolute atomic E-state index is 11.8. The van der Waals surface area contributed by atoms with Crippen molar-refractivity contribution in [3.63, 3.8) is 0 Å². The van der Waals surface area contributed by atoms with Gasteiger partial charge in [0.25, 0.3) is 0 Å². The second kappa shape index (κ2) is 8.09. The van der Waals surface area contributed by atoms with E-state index in [0.29, 0.717) is 19.0 Å². The zero-order chi connectivity index (χ0) is 13.4. The van der Waals surface area contributed by atoms with Gasteiger partial charge in [0, 0.05) is 12.6 Å². The van der Waals surface area contributed by atoms with Crippen LogP contribution in [0.2, 0.25) is 0 Å². The van der Waals surface area contributed by atoms with E-state index in [1.54, 1.807) is 0 Å². The van der Waals surface area contributed by atoms with E-state index in [0.717, 1.165) is 32.6 Å². The highest BCUT2D eigenvalue weighted by Crippen LogP contribution is 2.15. The zero-order valence-electron chi connectivity index (χ0n) is 11.6. The first-order valence-electron chi connectivity index (χ1n) is 7.01. The first-order chi connectivity index (χ1) is 8.59. The van der Waals surface area contributed by atoms with Gasteiger partial charge in [-0.3, -0.25) is 4.90 Å². The van der Waals surface area contributed by atoms with Crippen molar-refractivity contribution in [2.45, 2.75) is 39.2 Å². The Morgan fingerprint density at radius 1 is 1.33 bits per heavy atom. The molecule has 0 aromatic rings. The van der Waals surface area contributed by atoms with Crippen molar-refractivity contribution >= 4 is 10.0 Å². The summed E-state index contributed by atoms with van der Waals surface area (Å²) in [6.07, 6.45) is 2.96. The fourth-order valence-electron chi connectivity index (χ4n) is 2.40. The van der Waals surface area contributed by atoms with E-state index in [1.807, 2.05) is 6.92 Å². The molecule has 0 aliphatic carbocycles. The molecule has 0 aromatic heterocycles. The minimum Gasteiger partial charge on any atom is -0.317 e. The fourth-order valence-corrected chi connectivity index (χ4v) is 3.52. The van der Waals surface area contributed by atoms with Gasteiger partial charge >= 0.3 is 0 Å². The number of sulfonamides is 1. The van der Waals surface area contributed by atoms with Crippen LogP contribution < -0.4 is 10.0 Å². The quantitative estimate of drug-likeness (QED) is 0.599. The molecule has 108 valence electrons. The number of nitrogens with one attached hydrogen (secondary N) is 2. The van der Waals surface area contributed by atoms with Gasteiger partial charge in [-0.2, -0.15) is 0 Å². The van der Waals surface area contributed by atoms with E-state index in [9.17, 15) is 8.42 Å². The molecular formula is C12H27N3O2S. The summed E-state index contributed by atoms with van der Waals surface area (Å²) in [5, 5.41) is 3.13. The highest BCUT2D eigenvalue weighted by Gasteiger charge is 2.24. The zero-order valence-corrected chi connectivity index (χ0v) is 12.4. The predicted molar refractivity (Wildman–Crippen MR) is 75.2 cm³/mol. The van der Waals surface area contributed by atoms with Gasteiger partial charge in [0.15, 0.2) is 0 Å². The van der Waals surface area contributed by atoms with E-state index < -0.39 is 10.0 Å². The molecule has 2 N–H and O–H groups in total. The maximum atomic E-state index is 11.8. The third kappa shape index (κ3) is 5.65. The Morgan fingerprint density at radius 3 is 2.78 bits per heavy atom. The summed E-state index contributed by atoms with van der Waals surface area (Å²) in [7, 11) is -3.10. The highest BCUT2D eigenvalue weighted by atomic mass is 32.2. The first-order valence-corrected chi connectivity index (χ1v) is 8.66. The molecule has 1 aliphatic rings. The molecule has 1 saturated heterocycles. The van der Waals surface area contributed by atoms with Crippen LogP contribution in [0.15, 0.2) is 0 Å². The third-order valence-electron chi connectivity index (χ3n) is 3.46. The van der Waals surface area contributed by atoms with Crippen molar-refractivity contribution in [1.82, 2.24) is 14.9 Å². The van der Waals surface area contributed by atoms with E-state index in [4.69, 9.17) is 0 Å². The number of likely N-dealkylation sites (N-methyl/N-ethyl adjacent to an activating group) is 1. The Labute approximate surface area is 111 Å². The Balaban J connectivity index is 2.24. The molecule has 0 saturated carbocycles. The van der Waals surface area contributed by atoms with E-state index in [2.05, 4.69) is 21.9 Å². The number of nitrogens with zero attached hydrogens (tertiary/aromatic N) is 1. The first kappa shape index (κ1) is 15.9. The molecule has 1 atom stereocenters. The highest BCUT2D eigenvalue weighted by molar-refractivity contribution is 7.89. The Morgan fingerprint density at radius 2 is 2.11 bits per heavy atom. The van der Waals surface area contributed by atoms with Gasteiger partial charge in [0.1, 0.15) is 0 Å². The predicted octanol–water partition coefficient (Wildman–Crippen LogP) is 0.390. The number of hydrogen-bond acceptors (Lipinski definition) is 4. The molecule has 1 fully saturated rings. The summed E-state index contributed by atoms with van der Waals surface area (Å²) in [5.41, 5.74) is 0. The van der Waals surface area contributed by atoms with Gasteiger partial charge in [-0.05, 0) is 45.4 Å². The minimum absolute atomic E-state index is 0.221. The van der Waals surface area contributed by atoms with Crippen molar-refractivity contribution in [2.75, 3.05) is 38.5 Å². The maximum Gasteiger partial charge on any atom is 0.211 e.